The maximum absolute atomic E-state index is 12.3. The molecule has 0 bridgehead atoms. The van der Waals surface area contributed by atoms with Gasteiger partial charge in [0, 0.05) is 12.7 Å². The van der Waals surface area contributed by atoms with E-state index < -0.39 is 17.9 Å². The number of amides is 1. The van der Waals surface area contributed by atoms with Crippen LogP contribution in [0.3, 0.4) is 0 Å². The van der Waals surface area contributed by atoms with Crippen molar-refractivity contribution in [1.82, 2.24) is 9.88 Å². The fourth-order valence-corrected chi connectivity index (χ4v) is 1.88. The highest BCUT2D eigenvalue weighted by molar-refractivity contribution is 5.97. The second kappa shape index (κ2) is 5.66. The number of carbonyl (C=O) groups excluding carboxylic acids is 2. The van der Waals surface area contributed by atoms with Gasteiger partial charge in [0.15, 0.2) is 11.7 Å². The van der Waals surface area contributed by atoms with Crippen molar-refractivity contribution in [1.29, 1.82) is 0 Å². The molecule has 1 aromatic heterocycles. The number of aromatic hydroxyl groups is 1. The molecule has 1 aliphatic heterocycles. The summed E-state index contributed by atoms with van der Waals surface area (Å²) in [4.78, 5) is 29.1. The number of methoxy groups -OCH3 is 1. The zero-order valence-electron chi connectivity index (χ0n) is 10.4. The highest BCUT2D eigenvalue weighted by atomic mass is 16.5. The lowest BCUT2D eigenvalue weighted by Gasteiger charge is -2.33. The Morgan fingerprint density at radius 2 is 2.37 bits per heavy atom. The summed E-state index contributed by atoms with van der Waals surface area (Å²) in [6, 6.07) is 2.07. The Morgan fingerprint density at radius 1 is 1.58 bits per heavy atom. The van der Waals surface area contributed by atoms with Crippen molar-refractivity contribution >= 4 is 11.9 Å². The molecule has 102 valence electrons. The molecule has 1 fully saturated rings. The van der Waals surface area contributed by atoms with E-state index in [0.29, 0.717) is 6.61 Å². The molecule has 0 saturated carbocycles. The van der Waals surface area contributed by atoms with Gasteiger partial charge < -0.3 is 19.5 Å². The van der Waals surface area contributed by atoms with Crippen molar-refractivity contribution in [2.24, 2.45) is 0 Å². The summed E-state index contributed by atoms with van der Waals surface area (Å²) in [6.45, 7) is 0.646. The van der Waals surface area contributed by atoms with Gasteiger partial charge in [0.2, 0.25) is 0 Å². The minimum Gasteiger partial charge on any atom is -0.505 e. The van der Waals surface area contributed by atoms with E-state index in [2.05, 4.69) is 9.72 Å². The van der Waals surface area contributed by atoms with Crippen LogP contribution in [-0.4, -0.2) is 59.8 Å². The third-order valence-corrected chi connectivity index (χ3v) is 2.85. The zero-order valence-corrected chi connectivity index (χ0v) is 10.4. The van der Waals surface area contributed by atoms with Gasteiger partial charge in [-0.1, -0.05) is 0 Å². The van der Waals surface area contributed by atoms with Gasteiger partial charge in [0.25, 0.3) is 5.91 Å². The first-order valence-electron chi connectivity index (χ1n) is 5.75. The molecule has 1 unspecified atom stereocenters. The normalized spacial score (nSPS) is 19.0. The quantitative estimate of drug-likeness (QED) is 0.746. The molecule has 0 radical (unpaired) electrons. The molecule has 19 heavy (non-hydrogen) atoms. The van der Waals surface area contributed by atoms with Gasteiger partial charge >= 0.3 is 5.97 Å². The first-order chi connectivity index (χ1) is 9.15. The van der Waals surface area contributed by atoms with Crippen LogP contribution in [0.5, 0.6) is 5.75 Å². The summed E-state index contributed by atoms with van der Waals surface area (Å²) < 4.78 is 9.81. The molecule has 1 amide bonds. The molecule has 2 heterocycles. The zero-order chi connectivity index (χ0) is 13.8. The lowest BCUT2D eigenvalue weighted by molar-refractivity contribution is -0.151. The van der Waals surface area contributed by atoms with Crippen molar-refractivity contribution in [2.75, 3.05) is 26.9 Å². The van der Waals surface area contributed by atoms with Crippen LogP contribution < -0.4 is 0 Å². The third kappa shape index (κ3) is 2.65. The smallest absolute Gasteiger partial charge is 0.331 e. The number of nitrogens with zero attached hydrogens (tertiary/aromatic N) is 2. The predicted octanol–water partition coefficient (Wildman–Crippen LogP) is -0.199. The standard InChI is InChI=1S/C12H14N2O5/c1-18-12(17)8-7-19-6-5-14(8)11(16)10-9(15)3-2-4-13-10/h2-4,8,15H,5-7H2,1H3. The molecule has 2 rings (SSSR count). The molecular formula is C12H14N2O5. The van der Waals surface area contributed by atoms with Gasteiger partial charge in [-0.05, 0) is 12.1 Å². The average molecular weight is 266 g/mol. The lowest BCUT2D eigenvalue weighted by Crippen LogP contribution is -2.53. The molecule has 1 aliphatic rings. The van der Waals surface area contributed by atoms with Gasteiger partial charge in [0.05, 0.1) is 20.3 Å². The van der Waals surface area contributed by atoms with Crippen LogP contribution in [0.15, 0.2) is 18.3 Å². The highest BCUT2D eigenvalue weighted by Gasteiger charge is 2.35. The number of aromatic nitrogens is 1. The van der Waals surface area contributed by atoms with Crippen molar-refractivity contribution in [3.8, 4) is 5.75 Å². The molecule has 7 nitrogen and oxygen atoms in total. The molecular weight excluding hydrogens is 252 g/mol. The van der Waals surface area contributed by atoms with Gasteiger partial charge in [0.1, 0.15) is 5.75 Å². The second-order valence-electron chi connectivity index (χ2n) is 3.98. The highest BCUT2D eigenvalue weighted by Crippen LogP contribution is 2.18. The van der Waals surface area contributed by atoms with Crippen molar-refractivity contribution in [2.45, 2.75) is 6.04 Å². The number of esters is 1. The number of hydrogen-bond acceptors (Lipinski definition) is 6. The number of hydrogen-bond donors (Lipinski definition) is 1. The minimum atomic E-state index is -0.812. The largest absolute Gasteiger partial charge is 0.505 e. The van der Waals surface area contributed by atoms with Crippen LogP contribution in [0.1, 0.15) is 10.5 Å². The summed E-state index contributed by atoms with van der Waals surface area (Å²) in [5.41, 5.74) is -0.0849. The maximum atomic E-state index is 12.3. The van der Waals surface area contributed by atoms with Crippen LogP contribution in [-0.2, 0) is 14.3 Å². The van der Waals surface area contributed by atoms with E-state index in [1.807, 2.05) is 0 Å². The Labute approximate surface area is 109 Å². The number of carbonyl (C=O) groups is 2. The summed E-state index contributed by atoms with van der Waals surface area (Å²) in [7, 11) is 1.25. The summed E-state index contributed by atoms with van der Waals surface area (Å²) in [5, 5.41) is 9.64. The van der Waals surface area contributed by atoms with Gasteiger partial charge in [-0.15, -0.1) is 0 Å². The van der Waals surface area contributed by atoms with Gasteiger partial charge in [-0.2, -0.15) is 0 Å². The maximum Gasteiger partial charge on any atom is 0.331 e. The van der Waals surface area contributed by atoms with Gasteiger partial charge in [-0.3, -0.25) is 4.79 Å². The first kappa shape index (κ1) is 13.3. The first-order valence-corrected chi connectivity index (χ1v) is 5.75. The van der Waals surface area contributed by atoms with E-state index >= 15 is 0 Å². The fraction of sp³-hybridized carbons (Fsp3) is 0.417. The molecule has 7 heteroatoms. The SMILES string of the molecule is COC(=O)C1COCCN1C(=O)c1ncccc1O. The summed E-state index contributed by atoms with van der Waals surface area (Å²) in [6.07, 6.45) is 1.40. The topological polar surface area (TPSA) is 89.0 Å². The number of rotatable bonds is 2. The predicted molar refractivity (Wildman–Crippen MR) is 63.6 cm³/mol. The molecule has 1 atom stereocenters. The summed E-state index contributed by atoms with van der Waals surface area (Å²) >= 11 is 0. The second-order valence-corrected chi connectivity index (χ2v) is 3.98. The van der Waals surface area contributed by atoms with Crippen molar-refractivity contribution in [3.63, 3.8) is 0 Å². The molecule has 1 aromatic rings. The lowest BCUT2D eigenvalue weighted by atomic mass is 10.2. The monoisotopic (exact) mass is 266 g/mol. The third-order valence-electron chi connectivity index (χ3n) is 2.85. The Bertz CT molecular complexity index is 491. The van der Waals surface area contributed by atoms with E-state index in [1.54, 1.807) is 0 Å². The van der Waals surface area contributed by atoms with E-state index in [0.717, 1.165) is 0 Å². The van der Waals surface area contributed by atoms with Crippen LogP contribution in [0.25, 0.3) is 0 Å². The van der Waals surface area contributed by atoms with Crippen LogP contribution in [0, 0.1) is 0 Å². The van der Waals surface area contributed by atoms with E-state index in [1.165, 1.54) is 30.3 Å². The fourth-order valence-electron chi connectivity index (χ4n) is 1.88. The van der Waals surface area contributed by atoms with E-state index in [4.69, 9.17) is 4.74 Å². The number of ether oxygens (including phenoxy) is 2. The summed E-state index contributed by atoms with van der Waals surface area (Å²) in [5.74, 6) is -1.29. The van der Waals surface area contributed by atoms with Crippen molar-refractivity contribution < 1.29 is 24.2 Å². The van der Waals surface area contributed by atoms with Crippen LogP contribution in [0.4, 0.5) is 0 Å². The van der Waals surface area contributed by atoms with Gasteiger partial charge in [-0.25, -0.2) is 9.78 Å². The number of pyridine rings is 1. The van der Waals surface area contributed by atoms with E-state index in [-0.39, 0.29) is 24.6 Å². The molecule has 1 saturated heterocycles. The Kier molecular flexibility index (Phi) is 3.96. The molecule has 0 aromatic carbocycles. The van der Waals surface area contributed by atoms with Crippen molar-refractivity contribution in [3.05, 3.63) is 24.0 Å². The molecule has 0 spiro atoms. The van der Waals surface area contributed by atoms with Crippen LogP contribution in [0.2, 0.25) is 0 Å². The molecule has 0 aliphatic carbocycles. The average Bonchev–Trinajstić information content (AvgIpc) is 2.46. The van der Waals surface area contributed by atoms with E-state index in [9.17, 15) is 14.7 Å². The van der Waals surface area contributed by atoms with Crippen LogP contribution >= 0.6 is 0 Å². The Balaban J connectivity index is 2.25. The molecule has 1 N–H and O–H groups in total. The Morgan fingerprint density at radius 3 is 3.05 bits per heavy atom. The Hall–Kier alpha value is -2.15. The number of morpholine rings is 1. The minimum absolute atomic E-state index is 0.0754.